The van der Waals surface area contributed by atoms with E-state index in [-0.39, 0.29) is 0 Å². The summed E-state index contributed by atoms with van der Waals surface area (Å²) in [5.74, 6) is -0.153. The van der Waals surface area contributed by atoms with Crippen LogP contribution in [0.4, 0.5) is 10.9 Å². The molecule has 0 fully saturated rings. The van der Waals surface area contributed by atoms with Crippen molar-refractivity contribution in [1.29, 1.82) is 0 Å². The number of hydroxylamine groups is 1. The van der Waals surface area contributed by atoms with E-state index in [0.29, 0.717) is 15.8 Å². The number of hydrogen-bond donors (Lipinski definition) is 3. The van der Waals surface area contributed by atoms with Crippen LogP contribution in [-0.4, -0.2) is 30.5 Å². The quantitative estimate of drug-likeness (QED) is 0.385. The average molecular weight is 352 g/mol. The van der Waals surface area contributed by atoms with Gasteiger partial charge in [-0.05, 0) is 30.3 Å². The molecule has 0 aliphatic carbocycles. The minimum atomic E-state index is -0.557. The van der Waals surface area contributed by atoms with E-state index >= 15 is 0 Å². The number of imidazole rings is 1. The molecule has 8 nitrogen and oxygen atoms in total. The third kappa shape index (κ3) is 2.93. The van der Waals surface area contributed by atoms with E-state index in [1.165, 1.54) is 11.3 Å². The predicted molar refractivity (Wildman–Crippen MR) is 93.1 cm³/mol. The van der Waals surface area contributed by atoms with Crippen molar-refractivity contribution in [3.05, 3.63) is 59.9 Å². The summed E-state index contributed by atoms with van der Waals surface area (Å²) in [5, 5.41) is 12.4. The lowest BCUT2D eigenvalue weighted by Gasteiger charge is -2.05. The molecule has 0 aromatic carbocycles. The molecule has 9 heteroatoms. The highest BCUT2D eigenvalue weighted by molar-refractivity contribution is 7.18. The van der Waals surface area contributed by atoms with Crippen molar-refractivity contribution in [2.45, 2.75) is 0 Å². The number of amides is 1. The summed E-state index contributed by atoms with van der Waals surface area (Å²) in [5.41, 5.74) is 4.02. The molecule has 0 aliphatic heterocycles. The molecule has 0 aliphatic rings. The monoisotopic (exact) mass is 352 g/mol. The highest BCUT2D eigenvalue weighted by Crippen LogP contribution is 2.25. The van der Waals surface area contributed by atoms with Gasteiger partial charge in [-0.25, -0.2) is 20.4 Å². The third-order valence-corrected chi connectivity index (χ3v) is 4.50. The minimum absolute atomic E-state index is 0.378. The maximum atomic E-state index is 11.4. The lowest BCUT2D eigenvalue weighted by molar-refractivity contribution is 0.0711. The van der Waals surface area contributed by atoms with Crippen molar-refractivity contribution < 1.29 is 10.0 Å². The Balaban J connectivity index is 1.63. The number of carbonyl (C=O) groups is 1. The lowest BCUT2D eigenvalue weighted by Crippen LogP contribution is -2.16. The summed E-state index contributed by atoms with van der Waals surface area (Å²) in [6, 6.07) is 10.9. The first-order chi connectivity index (χ1) is 12.2. The molecule has 0 unspecified atom stereocenters. The zero-order valence-corrected chi connectivity index (χ0v) is 13.6. The summed E-state index contributed by atoms with van der Waals surface area (Å²) in [4.78, 5) is 24.8. The Bertz CT molecular complexity index is 1060. The molecule has 124 valence electrons. The molecule has 1 amide bonds. The minimum Gasteiger partial charge on any atom is -0.316 e. The van der Waals surface area contributed by atoms with Gasteiger partial charge in [-0.1, -0.05) is 6.07 Å². The van der Waals surface area contributed by atoms with Crippen molar-refractivity contribution in [3.63, 3.8) is 0 Å². The first-order valence-electron chi connectivity index (χ1n) is 7.31. The van der Waals surface area contributed by atoms with Gasteiger partial charge in [0.25, 0.3) is 5.91 Å². The van der Waals surface area contributed by atoms with Crippen LogP contribution >= 0.6 is 11.3 Å². The fraction of sp³-hybridized carbons (Fsp3) is 0. The molecule has 0 bridgehead atoms. The van der Waals surface area contributed by atoms with Gasteiger partial charge < -0.3 is 5.32 Å². The van der Waals surface area contributed by atoms with Gasteiger partial charge in [0.05, 0.1) is 27.5 Å². The number of nitrogens with zero attached hydrogens (tertiary/aromatic N) is 4. The fourth-order valence-electron chi connectivity index (χ4n) is 2.38. The number of nitrogens with one attached hydrogen (secondary N) is 2. The molecule has 4 heterocycles. The maximum absolute atomic E-state index is 11.4. The topological polar surface area (TPSA) is 104 Å². The average Bonchev–Trinajstić information content (AvgIpc) is 3.28. The first kappa shape index (κ1) is 15.2. The van der Waals surface area contributed by atoms with Crippen molar-refractivity contribution >= 4 is 33.8 Å². The number of anilines is 2. The first-order valence-corrected chi connectivity index (χ1v) is 8.13. The summed E-state index contributed by atoms with van der Waals surface area (Å²) in [6.45, 7) is 0. The highest BCUT2D eigenvalue weighted by Gasteiger charge is 2.11. The second-order valence-electron chi connectivity index (χ2n) is 5.07. The molecule has 0 saturated heterocycles. The Kier molecular flexibility index (Phi) is 3.84. The van der Waals surface area contributed by atoms with Crippen molar-refractivity contribution in [3.8, 4) is 11.4 Å². The number of thiophene rings is 1. The van der Waals surface area contributed by atoms with E-state index in [4.69, 9.17) is 5.21 Å². The van der Waals surface area contributed by atoms with E-state index in [2.05, 4.69) is 20.3 Å². The molecular formula is C16H12N6O2S. The van der Waals surface area contributed by atoms with Gasteiger partial charge >= 0.3 is 0 Å². The Labute approximate surface area is 145 Å². The smallest absolute Gasteiger partial charge is 0.284 e. The molecule has 0 radical (unpaired) electrons. The zero-order valence-electron chi connectivity index (χ0n) is 12.7. The normalized spacial score (nSPS) is 10.8. The number of pyridine rings is 1. The Morgan fingerprint density at radius 1 is 1.16 bits per heavy atom. The van der Waals surface area contributed by atoms with E-state index in [1.807, 2.05) is 28.8 Å². The summed E-state index contributed by atoms with van der Waals surface area (Å²) in [6.07, 6.45) is 5.34. The maximum Gasteiger partial charge on any atom is 0.284 e. The Morgan fingerprint density at radius 3 is 2.96 bits per heavy atom. The van der Waals surface area contributed by atoms with Crippen LogP contribution in [0.5, 0.6) is 0 Å². The number of carbonyl (C=O) groups excluding carboxylic acids is 1. The molecule has 3 N–H and O–H groups in total. The molecule has 0 spiro atoms. The van der Waals surface area contributed by atoms with Gasteiger partial charge in [0.15, 0.2) is 0 Å². The number of aromatic nitrogens is 4. The van der Waals surface area contributed by atoms with Crippen molar-refractivity contribution in [1.82, 2.24) is 24.8 Å². The molecular weight excluding hydrogens is 340 g/mol. The zero-order chi connectivity index (χ0) is 17.2. The second-order valence-corrected chi connectivity index (χ2v) is 6.15. The van der Waals surface area contributed by atoms with Crippen LogP contribution in [0.1, 0.15) is 9.67 Å². The van der Waals surface area contributed by atoms with Gasteiger partial charge in [0.1, 0.15) is 5.65 Å². The third-order valence-electron chi connectivity index (χ3n) is 3.50. The molecule has 4 aromatic heterocycles. The van der Waals surface area contributed by atoms with Crippen LogP contribution in [0, 0.1) is 0 Å². The molecule has 0 saturated carbocycles. The molecule has 4 aromatic rings. The Hall–Kier alpha value is -3.30. The number of rotatable bonds is 4. The Morgan fingerprint density at radius 2 is 2.08 bits per heavy atom. The van der Waals surface area contributed by atoms with E-state index in [0.717, 1.165) is 17.0 Å². The van der Waals surface area contributed by atoms with E-state index in [1.54, 1.807) is 36.1 Å². The largest absolute Gasteiger partial charge is 0.316 e. The SMILES string of the molecule is O=C(NO)c1ccc(Nc2nccc(-c3cnc4ccccn34)n2)s1. The van der Waals surface area contributed by atoms with Crippen LogP contribution in [0.15, 0.2) is 55.0 Å². The highest BCUT2D eigenvalue weighted by atomic mass is 32.1. The molecule has 4 rings (SSSR count). The molecule has 25 heavy (non-hydrogen) atoms. The van der Waals surface area contributed by atoms with Crippen LogP contribution in [0.2, 0.25) is 0 Å². The van der Waals surface area contributed by atoms with Gasteiger partial charge in [-0.3, -0.25) is 14.4 Å². The lowest BCUT2D eigenvalue weighted by atomic mass is 10.3. The summed E-state index contributed by atoms with van der Waals surface area (Å²) in [7, 11) is 0. The number of hydrogen-bond acceptors (Lipinski definition) is 7. The second kappa shape index (κ2) is 6.30. The van der Waals surface area contributed by atoms with Gasteiger partial charge in [0, 0.05) is 12.4 Å². The van der Waals surface area contributed by atoms with Crippen LogP contribution in [-0.2, 0) is 0 Å². The van der Waals surface area contributed by atoms with Crippen molar-refractivity contribution in [2.75, 3.05) is 5.32 Å². The van der Waals surface area contributed by atoms with Gasteiger partial charge in [0.2, 0.25) is 5.95 Å². The number of fused-ring (bicyclic) bond motifs is 1. The predicted octanol–water partition coefficient (Wildman–Crippen LogP) is 2.72. The molecule has 0 atom stereocenters. The van der Waals surface area contributed by atoms with Crippen LogP contribution in [0.25, 0.3) is 17.0 Å². The summed E-state index contributed by atoms with van der Waals surface area (Å²) >= 11 is 1.19. The van der Waals surface area contributed by atoms with E-state index in [9.17, 15) is 4.79 Å². The van der Waals surface area contributed by atoms with Crippen LogP contribution in [0.3, 0.4) is 0 Å². The van der Waals surface area contributed by atoms with Gasteiger partial charge in [-0.15, -0.1) is 11.3 Å². The van der Waals surface area contributed by atoms with Crippen LogP contribution < -0.4 is 10.8 Å². The summed E-state index contributed by atoms with van der Waals surface area (Å²) < 4.78 is 1.95. The standard InChI is InChI=1S/C16H12N6O2S/c23-15(21-24)12-4-5-14(25-12)20-16-17-7-6-10(19-16)11-9-18-13-3-1-2-8-22(11)13/h1-9,24H,(H,21,23)(H,17,19,20). The fourth-order valence-corrected chi connectivity index (χ4v) is 3.17. The van der Waals surface area contributed by atoms with Gasteiger partial charge in [-0.2, -0.15) is 0 Å². The van der Waals surface area contributed by atoms with Crippen molar-refractivity contribution in [2.24, 2.45) is 0 Å². The van der Waals surface area contributed by atoms with E-state index < -0.39 is 5.91 Å².